The van der Waals surface area contributed by atoms with E-state index in [0.29, 0.717) is 17.0 Å². The van der Waals surface area contributed by atoms with E-state index in [9.17, 15) is 9.59 Å². The van der Waals surface area contributed by atoms with E-state index in [0.717, 1.165) is 32.4 Å². The molecule has 4 aromatic rings. The third-order valence-electron chi connectivity index (χ3n) is 4.77. The van der Waals surface area contributed by atoms with Gasteiger partial charge in [-0.05, 0) is 56.7 Å². The molecule has 30 heavy (non-hydrogen) atoms. The second-order valence-corrected chi connectivity index (χ2v) is 7.98. The average molecular weight is 420 g/mol. The monoisotopic (exact) mass is 419 g/mol. The summed E-state index contributed by atoms with van der Waals surface area (Å²) in [6.45, 7) is 5.98. The molecule has 152 valence electrons. The van der Waals surface area contributed by atoms with Crippen molar-refractivity contribution in [3.8, 4) is 0 Å². The number of hydrogen-bond acceptors (Lipinski definition) is 5. The Morgan fingerprint density at radius 1 is 1.13 bits per heavy atom. The van der Waals surface area contributed by atoms with Gasteiger partial charge in [0.1, 0.15) is 6.54 Å². The Labute approximate surface area is 177 Å². The molecule has 0 saturated carbocycles. The number of aryl methyl sites for hydroxylation is 2. The Bertz CT molecular complexity index is 1350. The summed E-state index contributed by atoms with van der Waals surface area (Å²) in [5, 5.41) is 0.883. The van der Waals surface area contributed by atoms with E-state index in [-0.39, 0.29) is 18.4 Å². The number of pyridine rings is 1. The number of hydrogen-bond donors (Lipinski definition) is 0. The van der Waals surface area contributed by atoms with E-state index >= 15 is 0 Å². The molecule has 2 heterocycles. The first-order valence-electron chi connectivity index (χ1n) is 9.67. The van der Waals surface area contributed by atoms with E-state index in [2.05, 4.69) is 9.98 Å². The van der Waals surface area contributed by atoms with Crippen LogP contribution >= 0.6 is 11.3 Å². The number of benzene rings is 2. The molecule has 0 fully saturated rings. The number of nitrogens with zero attached hydrogens (tertiary/aromatic N) is 3. The van der Waals surface area contributed by atoms with Gasteiger partial charge in [-0.1, -0.05) is 29.5 Å². The molecule has 6 nitrogen and oxygen atoms in total. The van der Waals surface area contributed by atoms with Crippen LogP contribution in [0.25, 0.3) is 21.1 Å². The lowest BCUT2D eigenvalue weighted by molar-refractivity contribution is -0.143. The summed E-state index contributed by atoms with van der Waals surface area (Å²) >= 11 is 1.38. The van der Waals surface area contributed by atoms with E-state index < -0.39 is 0 Å². The maximum atomic E-state index is 12.9. The second-order valence-electron chi connectivity index (χ2n) is 6.97. The number of para-hydroxylation sites is 1. The third-order valence-corrected chi connectivity index (χ3v) is 5.81. The van der Waals surface area contributed by atoms with Crippen LogP contribution in [0.1, 0.15) is 28.5 Å². The molecule has 2 aromatic heterocycles. The van der Waals surface area contributed by atoms with Gasteiger partial charge >= 0.3 is 5.97 Å². The zero-order valence-electron chi connectivity index (χ0n) is 17.0. The normalized spacial score (nSPS) is 11.9. The second kappa shape index (κ2) is 8.20. The molecule has 1 amide bonds. The van der Waals surface area contributed by atoms with Gasteiger partial charge in [0.25, 0.3) is 5.91 Å². The van der Waals surface area contributed by atoms with Crippen LogP contribution in [0.15, 0.2) is 53.5 Å². The Morgan fingerprint density at radius 3 is 2.77 bits per heavy atom. The number of aromatic nitrogens is 2. The van der Waals surface area contributed by atoms with E-state index in [1.165, 1.54) is 11.3 Å². The molecule has 0 aliphatic heterocycles. The highest BCUT2D eigenvalue weighted by atomic mass is 32.1. The molecular weight excluding hydrogens is 398 g/mol. The maximum absolute atomic E-state index is 12.9. The third kappa shape index (κ3) is 3.89. The van der Waals surface area contributed by atoms with Crippen molar-refractivity contribution in [3.05, 3.63) is 70.2 Å². The van der Waals surface area contributed by atoms with Crippen molar-refractivity contribution in [1.82, 2.24) is 9.55 Å². The van der Waals surface area contributed by atoms with Crippen LogP contribution in [-0.4, -0.2) is 28.0 Å². The fourth-order valence-corrected chi connectivity index (χ4v) is 4.49. The zero-order valence-corrected chi connectivity index (χ0v) is 17.8. The van der Waals surface area contributed by atoms with Crippen molar-refractivity contribution in [2.45, 2.75) is 27.3 Å². The summed E-state index contributed by atoms with van der Waals surface area (Å²) in [6.07, 6.45) is 0. The molecule has 0 aliphatic rings. The summed E-state index contributed by atoms with van der Waals surface area (Å²) in [7, 11) is 0. The van der Waals surface area contributed by atoms with Crippen LogP contribution in [0.3, 0.4) is 0 Å². The lowest BCUT2D eigenvalue weighted by Gasteiger charge is -2.07. The first-order valence-corrected chi connectivity index (χ1v) is 10.5. The predicted molar refractivity (Wildman–Crippen MR) is 118 cm³/mol. The SMILES string of the molecule is CCOC(=O)Cn1c(=NC(=O)c2ccc3nc(C)ccc3c2)sc2cccc(C)c21. The van der Waals surface area contributed by atoms with Crippen LogP contribution in [0, 0.1) is 13.8 Å². The summed E-state index contributed by atoms with van der Waals surface area (Å²) in [5.41, 5.74) is 4.13. The van der Waals surface area contributed by atoms with E-state index in [1.54, 1.807) is 23.6 Å². The first kappa shape index (κ1) is 20.0. The lowest BCUT2D eigenvalue weighted by Crippen LogP contribution is -2.23. The molecule has 0 saturated heterocycles. The van der Waals surface area contributed by atoms with Crippen molar-refractivity contribution in [2.24, 2.45) is 4.99 Å². The standard InChI is InChI=1S/C23H21N3O3S/c1-4-29-20(27)13-26-21-14(2)6-5-7-19(21)30-23(26)25-22(28)17-10-11-18-16(12-17)9-8-15(3)24-18/h5-12H,4,13H2,1-3H3. The van der Waals surface area contributed by atoms with Crippen LogP contribution < -0.4 is 4.80 Å². The molecule has 2 aromatic carbocycles. The molecule has 0 radical (unpaired) electrons. The molecule has 0 bridgehead atoms. The van der Waals surface area contributed by atoms with Gasteiger partial charge < -0.3 is 9.30 Å². The Kier molecular flexibility index (Phi) is 5.46. The fourth-order valence-electron chi connectivity index (χ4n) is 3.39. The first-order chi connectivity index (χ1) is 14.5. The number of rotatable bonds is 4. The maximum Gasteiger partial charge on any atom is 0.326 e. The molecule has 0 spiro atoms. The summed E-state index contributed by atoms with van der Waals surface area (Å²) in [6, 6.07) is 15.1. The molecular formula is C23H21N3O3S. The number of esters is 1. The topological polar surface area (TPSA) is 73.6 Å². The van der Waals surface area contributed by atoms with Crippen molar-refractivity contribution in [3.63, 3.8) is 0 Å². The number of amides is 1. The highest BCUT2D eigenvalue weighted by molar-refractivity contribution is 7.16. The van der Waals surface area contributed by atoms with Crippen LogP contribution in [-0.2, 0) is 16.1 Å². The average Bonchev–Trinajstić information content (AvgIpc) is 3.05. The zero-order chi connectivity index (χ0) is 21.3. The quantitative estimate of drug-likeness (QED) is 0.465. The van der Waals surface area contributed by atoms with Crippen molar-refractivity contribution in [2.75, 3.05) is 6.61 Å². The van der Waals surface area contributed by atoms with Crippen molar-refractivity contribution < 1.29 is 14.3 Å². The van der Waals surface area contributed by atoms with Gasteiger partial charge in [-0.25, -0.2) is 0 Å². The minimum atomic E-state index is -0.362. The number of ether oxygens (including phenoxy) is 1. The minimum Gasteiger partial charge on any atom is -0.465 e. The lowest BCUT2D eigenvalue weighted by atomic mass is 10.1. The van der Waals surface area contributed by atoms with Gasteiger partial charge in [-0.15, -0.1) is 0 Å². The summed E-state index contributed by atoms with van der Waals surface area (Å²) < 4.78 is 7.84. The van der Waals surface area contributed by atoms with Crippen molar-refractivity contribution >= 4 is 44.3 Å². The smallest absolute Gasteiger partial charge is 0.326 e. The number of carbonyl (C=O) groups is 2. The van der Waals surface area contributed by atoms with Crippen LogP contribution in [0.2, 0.25) is 0 Å². The van der Waals surface area contributed by atoms with Crippen molar-refractivity contribution in [1.29, 1.82) is 0 Å². The largest absolute Gasteiger partial charge is 0.465 e. The van der Waals surface area contributed by atoms with Gasteiger partial charge in [0.2, 0.25) is 0 Å². The summed E-state index contributed by atoms with van der Waals surface area (Å²) in [4.78, 5) is 34.4. The van der Waals surface area contributed by atoms with Gasteiger partial charge in [0.05, 0.1) is 22.3 Å². The Balaban J connectivity index is 1.81. The molecule has 0 unspecified atom stereocenters. The molecule has 4 rings (SSSR count). The summed E-state index contributed by atoms with van der Waals surface area (Å²) in [5.74, 6) is -0.721. The highest BCUT2D eigenvalue weighted by Crippen LogP contribution is 2.21. The number of carbonyl (C=O) groups excluding carboxylic acids is 2. The molecule has 7 heteroatoms. The number of thiazole rings is 1. The highest BCUT2D eigenvalue weighted by Gasteiger charge is 2.14. The van der Waals surface area contributed by atoms with E-state index in [1.807, 2.05) is 50.2 Å². The minimum absolute atomic E-state index is 0.00568. The Hall–Kier alpha value is -3.32. The van der Waals surface area contributed by atoms with Gasteiger partial charge in [-0.2, -0.15) is 4.99 Å². The molecule has 0 aliphatic carbocycles. The Morgan fingerprint density at radius 2 is 1.97 bits per heavy atom. The molecule has 0 N–H and O–H groups in total. The van der Waals surface area contributed by atoms with Crippen LogP contribution in [0.4, 0.5) is 0 Å². The fraction of sp³-hybridized carbons (Fsp3) is 0.217. The van der Waals surface area contributed by atoms with Gasteiger partial charge in [0, 0.05) is 16.6 Å². The molecule has 0 atom stereocenters. The van der Waals surface area contributed by atoms with Crippen LogP contribution in [0.5, 0.6) is 0 Å². The van der Waals surface area contributed by atoms with Gasteiger partial charge in [0.15, 0.2) is 4.80 Å². The van der Waals surface area contributed by atoms with E-state index in [4.69, 9.17) is 4.74 Å². The predicted octanol–water partition coefficient (Wildman–Crippen LogP) is 4.17. The van der Waals surface area contributed by atoms with Gasteiger partial charge in [-0.3, -0.25) is 14.6 Å². The number of fused-ring (bicyclic) bond motifs is 2.